The van der Waals surface area contributed by atoms with E-state index < -0.39 is 28.0 Å². The third-order valence-electron chi connectivity index (χ3n) is 2.84. The first-order chi connectivity index (χ1) is 10.3. The van der Waals surface area contributed by atoms with Crippen LogP contribution in [0.5, 0.6) is 0 Å². The molecule has 1 amide bonds. The quantitative estimate of drug-likeness (QED) is 0.909. The number of nitrogens with zero attached hydrogens (tertiary/aromatic N) is 1. The molecule has 1 aromatic heterocycles. The molecule has 0 bridgehead atoms. The van der Waals surface area contributed by atoms with Gasteiger partial charge in [-0.15, -0.1) is 0 Å². The second-order valence-electron chi connectivity index (χ2n) is 4.66. The summed E-state index contributed by atoms with van der Waals surface area (Å²) >= 11 is 5.73. The molecular formula is C14H13ClN2O4S. The Bertz CT molecular complexity index is 857. The van der Waals surface area contributed by atoms with Crippen LogP contribution in [-0.2, 0) is 21.4 Å². The Labute approximate surface area is 132 Å². The maximum atomic E-state index is 12.1. The topological polar surface area (TPSA) is 85.2 Å². The molecule has 0 radical (unpaired) electrons. The van der Waals surface area contributed by atoms with Crippen molar-refractivity contribution >= 4 is 27.5 Å². The molecule has 1 N–H and O–H groups in total. The van der Waals surface area contributed by atoms with Gasteiger partial charge < -0.3 is 4.57 Å². The number of hydrogen-bond donors (Lipinski definition) is 1. The summed E-state index contributed by atoms with van der Waals surface area (Å²) in [6, 6.07) is 8.64. The van der Waals surface area contributed by atoms with Crippen molar-refractivity contribution < 1.29 is 13.2 Å². The molecule has 0 saturated heterocycles. The van der Waals surface area contributed by atoms with Crippen molar-refractivity contribution in [1.82, 2.24) is 9.29 Å². The van der Waals surface area contributed by atoms with E-state index in [1.54, 1.807) is 12.1 Å². The number of aromatic nitrogens is 1. The van der Waals surface area contributed by atoms with Crippen molar-refractivity contribution in [2.75, 3.05) is 0 Å². The zero-order valence-corrected chi connectivity index (χ0v) is 13.2. The lowest BCUT2D eigenvalue weighted by Crippen LogP contribution is -2.35. The number of nitrogens with one attached hydrogen (secondary N) is 1. The molecular weight excluding hydrogens is 328 g/mol. The maximum Gasteiger partial charge on any atom is 0.264 e. The number of halogens is 1. The molecule has 22 heavy (non-hydrogen) atoms. The van der Waals surface area contributed by atoms with Crippen molar-refractivity contribution in [3.8, 4) is 0 Å². The van der Waals surface area contributed by atoms with Crippen LogP contribution in [0.2, 0.25) is 5.02 Å². The first-order valence-corrected chi connectivity index (χ1v) is 8.12. The highest BCUT2D eigenvalue weighted by Gasteiger charge is 2.17. The van der Waals surface area contributed by atoms with E-state index >= 15 is 0 Å². The molecule has 2 aromatic rings. The maximum absolute atomic E-state index is 12.1. The van der Waals surface area contributed by atoms with Crippen LogP contribution in [-0.4, -0.2) is 18.9 Å². The van der Waals surface area contributed by atoms with Crippen molar-refractivity contribution in [2.45, 2.75) is 18.4 Å². The second-order valence-corrected chi connectivity index (χ2v) is 6.77. The van der Waals surface area contributed by atoms with Gasteiger partial charge >= 0.3 is 0 Å². The fraction of sp³-hybridized carbons (Fsp3) is 0.143. The Kier molecular flexibility index (Phi) is 4.68. The summed E-state index contributed by atoms with van der Waals surface area (Å²) in [4.78, 5) is 23.4. The molecule has 0 saturated carbocycles. The number of sulfonamides is 1. The number of carbonyl (C=O) groups excluding carboxylic acids is 1. The summed E-state index contributed by atoms with van der Waals surface area (Å²) in [5.41, 5.74) is 0.447. The third-order valence-corrected chi connectivity index (χ3v) is 4.45. The normalized spacial score (nSPS) is 11.2. The first kappa shape index (κ1) is 16.3. The number of carbonyl (C=O) groups is 1. The monoisotopic (exact) mass is 340 g/mol. The van der Waals surface area contributed by atoms with E-state index in [0.29, 0.717) is 0 Å². The van der Waals surface area contributed by atoms with Gasteiger partial charge in [0.15, 0.2) is 0 Å². The van der Waals surface area contributed by atoms with E-state index in [4.69, 9.17) is 11.6 Å². The van der Waals surface area contributed by atoms with Crippen LogP contribution < -0.4 is 10.3 Å². The smallest absolute Gasteiger partial charge is 0.264 e. The average Bonchev–Trinajstić information content (AvgIpc) is 2.42. The van der Waals surface area contributed by atoms with Gasteiger partial charge in [0.05, 0.1) is 9.92 Å². The van der Waals surface area contributed by atoms with Crippen molar-refractivity contribution in [3.05, 3.63) is 63.5 Å². The highest BCUT2D eigenvalue weighted by Crippen LogP contribution is 2.10. The van der Waals surface area contributed by atoms with Crippen LogP contribution in [0.4, 0.5) is 0 Å². The lowest BCUT2D eigenvalue weighted by atomic mass is 10.2. The molecule has 0 unspecified atom stereocenters. The fourth-order valence-electron chi connectivity index (χ4n) is 1.74. The molecule has 116 valence electrons. The Hall–Kier alpha value is -2.12. The highest BCUT2D eigenvalue weighted by atomic mass is 35.5. The van der Waals surface area contributed by atoms with E-state index in [1.165, 1.54) is 30.5 Å². The number of rotatable bonds is 4. The minimum absolute atomic E-state index is 0.0232. The first-order valence-electron chi connectivity index (χ1n) is 6.26. The molecule has 0 aliphatic rings. The van der Waals surface area contributed by atoms with Crippen molar-refractivity contribution in [2.24, 2.45) is 0 Å². The number of benzene rings is 1. The van der Waals surface area contributed by atoms with Crippen molar-refractivity contribution in [3.63, 3.8) is 0 Å². The summed E-state index contributed by atoms with van der Waals surface area (Å²) in [7, 11) is -3.97. The van der Waals surface area contributed by atoms with Gasteiger partial charge in [0.2, 0.25) is 0 Å². The molecule has 1 heterocycles. The zero-order valence-electron chi connectivity index (χ0n) is 11.6. The molecule has 2 rings (SSSR count). The third kappa shape index (κ3) is 3.96. The van der Waals surface area contributed by atoms with Crippen LogP contribution in [0, 0.1) is 6.92 Å². The predicted molar refractivity (Wildman–Crippen MR) is 82.2 cm³/mol. The van der Waals surface area contributed by atoms with Gasteiger partial charge in [-0.2, -0.15) is 0 Å². The Morgan fingerprint density at radius 2 is 1.82 bits per heavy atom. The SMILES string of the molecule is Cc1ccc(S(=O)(=O)NC(=O)Cn2cc(Cl)ccc2=O)cc1. The molecule has 0 spiro atoms. The molecule has 0 atom stereocenters. The summed E-state index contributed by atoms with van der Waals surface area (Å²) in [6.07, 6.45) is 1.27. The van der Waals surface area contributed by atoms with Crippen LogP contribution in [0.15, 0.2) is 52.3 Å². The van der Waals surface area contributed by atoms with Gasteiger partial charge in [-0.05, 0) is 25.1 Å². The predicted octanol–water partition coefficient (Wildman–Crippen LogP) is 1.32. The molecule has 1 aromatic carbocycles. The molecule has 8 heteroatoms. The van der Waals surface area contributed by atoms with E-state index in [1.807, 2.05) is 11.6 Å². The second kappa shape index (κ2) is 6.33. The van der Waals surface area contributed by atoms with Gasteiger partial charge in [0.25, 0.3) is 21.5 Å². The van der Waals surface area contributed by atoms with Gasteiger partial charge in [-0.25, -0.2) is 13.1 Å². The molecule has 0 aliphatic carbocycles. The number of pyridine rings is 1. The standard InChI is InChI=1S/C14H13ClN2O4S/c1-10-2-5-12(6-3-10)22(20,21)16-13(18)9-17-8-11(15)4-7-14(17)19/h2-8H,9H2,1H3,(H,16,18). The largest absolute Gasteiger partial charge is 0.305 e. The van der Waals surface area contributed by atoms with E-state index in [2.05, 4.69) is 0 Å². The van der Waals surface area contributed by atoms with E-state index in [0.717, 1.165) is 10.1 Å². The average molecular weight is 341 g/mol. The van der Waals surface area contributed by atoms with E-state index in [9.17, 15) is 18.0 Å². The van der Waals surface area contributed by atoms with Gasteiger partial charge in [0.1, 0.15) is 6.54 Å². The van der Waals surface area contributed by atoms with Gasteiger partial charge in [0, 0.05) is 12.3 Å². The van der Waals surface area contributed by atoms with Crippen LogP contribution in [0.25, 0.3) is 0 Å². The Balaban J connectivity index is 2.16. The number of amides is 1. The highest BCUT2D eigenvalue weighted by molar-refractivity contribution is 7.90. The summed E-state index contributed by atoms with van der Waals surface area (Å²) in [5.74, 6) is -0.829. The van der Waals surface area contributed by atoms with Crippen LogP contribution >= 0.6 is 11.6 Å². The minimum atomic E-state index is -3.97. The van der Waals surface area contributed by atoms with Crippen molar-refractivity contribution in [1.29, 1.82) is 0 Å². The molecule has 0 aliphatic heterocycles. The Morgan fingerprint density at radius 1 is 1.18 bits per heavy atom. The van der Waals surface area contributed by atoms with E-state index in [-0.39, 0.29) is 9.92 Å². The summed E-state index contributed by atoms with van der Waals surface area (Å²) < 4.78 is 27.0. The van der Waals surface area contributed by atoms with Gasteiger partial charge in [-0.1, -0.05) is 29.3 Å². The fourth-order valence-corrected chi connectivity index (χ4v) is 2.90. The minimum Gasteiger partial charge on any atom is -0.305 e. The Morgan fingerprint density at radius 3 is 2.45 bits per heavy atom. The van der Waals surface area contributed by atoms with Crippen LogP contribution in [0.1, 0.15) is 5.56 Å². The number of hydrogen-bond acceptors (Lipinski definition) is 4. The van der Waals surface area contributed by atoms with Gasteiger partial charge in [-0.3, -0.25) is 9.59 Å². The lowest BCUT2D eigenvalue weighted by Gasteiger charge is -2.09. The lowest BCUT2D eigenvalue weighted by molar-refractivity contribution is -0.119. The zero-order chi connectivity index (χ0) is 16.3. The summed E-state index contributed by atoms with van der Waals surface area (Å²) in [6.45, 7) is 1.38. The summed E-state index contributed by atoms with van der Waals surface area (Å²) in [5, 5.41) is 0.272. The number of aryl methyl sites for hydroxylation is 1. The molecule has 6 nitrogen and oxygen atoms in total. The van der Waals surface area contributed by atoms with Crippen LogP contribution in [0.3, 0.4) is 0 Å². The molecule has 0 fully saturated rings.